The number of fused-ring (bicyclic) bond motifs is 2. The van der Waals surface area contributed by atoms with Crippen LogP contribution in [0.25, 0.3) is 16.6 Å². The highest BCUT2D eigenvalue weighted by atomic mass is 16.2. The van der Waals surface area contributed by atoms with E-state index >= 15 is 0 Å². The van der Waals surface area contributed by atoms with Gasteiger partial charge in [-0.15, -0.1) is 0 Å². The number of amides is 2. The molecule has 0 aliphatic carbocycles. The van der Waals surface area contributed by atoms with Gasteiger partial charge in [-0.3, -0.25) is 9.59 Å². The van der Waals surface area contributed by atoms with Gasteiger partial charge in [0.05, 0.1) is 12.1 Å². The molecular weight excluding hydrogens is 392 g/mol. The molecule has 4 heterocycles. The summed E-state index contributed by atoms with van der Waals surface area (Å²) in [5.74, 6) is -0.312. The van der Waals surface area contributed by atoms with Crippen LogP contribution in [0, 0.1) is 12.8 Å². The van der Waals surface area contributed by atoms with Crippen LogP contribution in [0.1, 0.15) is 27.9 Å². The summed E-state index contributed by atoms with van der Waals surface area (Å²) < 4.78 is 1.62. The van der Waals surface area contributed by atoms with Crippen molar-refractivity contribution in [1.82, 2.24) is 29.8 Å². The zero-order valence-corrected chi connectivity index (χ0v) is 17.3. The standard InChI is InChI=1S/C23H24N6O2/c1-15-10-26-21-19(12-27-29(21)13-15)23(31)28-9-7-17(14-28)22(30)24-8-6-16-11-25-20-5-3-2-4-18(16)20/h2-5,10-13,17,25H,6-9,14H2,1H3,(H,24,30). The van der Waals surface area contributed by atoms with Gasteiger partial charge in [0.15, 0.2) is 5.65 Å². The van der Waals surface area contributed by atoms with Gasteiger partial charge in [-0.25, -0.2) is 9.50 Å². The minimum absolute atomic E-state index is 0.00348. The lowest BCUT2D eigenvalue weighted by atomic mass is 10.1. The first-order valence-corrected chi connectivity index (χ1v) is 10.5. The molecule has 1 unspecified atom stereocenters. The molecule has 0 spiro atoms. The SMILES string of the molecule is Cc1cnc2c(C(=O)N3CCC(C(=O)NCCc4c[nH]c5ccccc45)C3)cnn2c1. The van der Waals surface area contributed by atoms with E-state index in [0.29, 0.717) is 37.3 Å². The van der Waals surface area contributed by atoms with E-state index < -0.39 is 0 Å². The van der Waals surface area contributed by atoms with Crippen LogP contribution >= 0.6 is 0 Å². The van der Waals surface area contributed by atoms with Crippen LogP contribution in [0.2, 0.25) is 0 Å². The fourth-order valence-electron chi connectivity index (χ4n) is 4.25. The number of aromatic amines is 1. The normalized spacial score (nSPS) is 16.3. The Balaban J connectivity index is 1.18. The number of carbonyl (C=O) groups excluding carboxylic acids is 2. The van der Waals surface area contributed by atoms with Crippen molar-refractivity contribution < 1.29 is 9.59 Å². The second-order valence-corrected chi connectivity index (χ2v) is 8.10. The van der Waals surface area contributed by atoms with E-state index in [2.05, 4.69) is 26.4 Å². The molecule has 4 aromatic rings. The Hall–Kier alpha value is -3.68. The van der Waals surface area contributed by atoms with E-state index in [4.69, 9.17) is 0 Å². The Kier molecular flexibility index (Phi) is 4.89. The van der Waals surface area contributed by atoms with Crippen molar-refractivity contribution >= 4 is 28.4 Å². The van der Waals surface area contributed by atoms with E-state index in [0.717, 1.165) is 17.5 Å². The zero-order valence-electron chi connectivity index (χ0n) is 17.3. The first-order valence-electron chi connectivity index (χ1n) is 10.5. The number of rotatable bonds is 5. The van der Waals surface area contributed by atoms with Crippen molar-refractivity contribution in [2.75, 3.05) is 19.6 Å². The van der Waals surface area contributed by atoms with E-state index in [1.165, 1.54) is 10.9 Å². The molecular formula is C23H24N6O2. The lowest BCUT2D eigenvalue weighted by molar-refractivity contribution is -0.124. The number of nitrogens with one attached hydrogen (secondary N) is 2. The van der Waals surface area contributed by atoms with Crippen LogP contribution in [0.4, 0.5) is 0 Å². The molecule has 1 saturated heterocycles. The van der Waals surface area contributed by atoms with Crippen LogP contribution < -0.4 is 5.32 Å². The average Bonchev–Trinajstić information content (AvgIpc) is 3.51. The van der Waals surface area contributed by atoms with Gasteiger partial charge in [0.25, 0.3) is 5.91 Å². The number of para-hydroxylation sites is 1. The number of hydrogen-bond donors (Lipinski definition) is 2. The second-order valence-electron chi connectivity index (χ2n) is 8.10. The van der Waals surface area contributed by atoms with Gasteiger partial charge in [0.1, 0.15) is 5.56 Å². The van der Waals surface area contributed by atoms with Crippen molar-refractivity contribution in [2.24, 2.45) is 5.92 Å². The van der Waals surface area contributed by atoms with Crippen LogP contribution in [0.5, 0.6) is 0 Å². The molecule has 8 heteroatoms. The molecule has 3 aromatic heterocycles. The minimum atomic E-state index is -0.191. The van der Waals surface area contributed by atoms with Crippen LogP contribution in [-0.4, -0.2) is 55.9 Å². The molecule has 5 rings (SSSR count). The predicted molar refractivity (Wildman–Crippen MR) is 117 cm³/mol. The Labute approximate surface area is 179 Å². The maximum Gasteiger partial charge on any atom is 0.259 e. The zero-order chi connectivity index (χ0) is 21.4. The van der Waals surface area contributed by atoms with Crippen LogP contribution in [0.15, 0.2) is 49.1 Å². The van der Waals surface area contributed by atoms with Gasteiger partial charge >= 0.3 is 0 Å². The molecule has 8 nitrogen and oxygen atoms in total. The molecule has 1 fully saturated rings. The third-order valence-electron chi connectivity index (χ3n) is 5.93. The number of H-pyrrole nitrogens is 1. The molecule has 0 radical (unpaired) electrons. The largest absolute Gasteiger partial charge is 0.361 e. The van der Waals surface area contributed by atoms with Crippen LogP contribution in [0.3, 0.4) is 0 Å². The van der Waals surface area contributed by atoms with Gasteiger partial charge in [-0.2, -0.15) is 5.10 Å². The first kappa shape index (κ1) is 19.3. The van der Waals surface area contributed by atoms with Gasteiger partial charge in [-0.05, 0) is 37.0 Å². The van der Waals surface area contributed by atoms with Crippen molar-refractivity contribution in [3.63, 3.8) is 0 Å². The van der Waals surface area contributed by atoms with Gasteiger partial charge in [0.2, 0.25) is 5.91 Å². The van der Waals surface area contributed by atoms with E-state index in [-0.39, 0.29) is 17.7 Å². The lowest BCUT2D eigenvalue weighted by Crippen LogP contribution is -2.35. The summed E-state index contributed by atoms with van der Waals surface area (Å²) in [5.41, 5.74) is 4.28. The Morgan fingerprint density at radius 2 is 2.13 bits per heavy atom. The fourth-order valence-corrected chi connectivity index (χ4v) is 4.25. The van der Waals surface area contributed by atoms with Crippen LogP contribution in [-0.2, 0) is 11.2 Å². The molecule has 0 bridgehead atoms. The third-order valence-corrected chi connectivity index (χ3v) is 5.93. The lowest BCUT2D eigenvalue weighted by Gasteiger charge is -2.15. The van der Waals surface area contributed by atoms with E-state index in [1.807, 2.05) is 37.5 Å². The molecule has 158 valence electrons. The highest BCUT2D eigenvalue weighted by molar-refractivity contribution is 6.00. The topological polar surface area (TPSA) is 95.4 Å². The van der Waals surface area contributed by atoms with Gasteiger partial charge in [-0.1, -0.05) is 18.2 Å². The summed E-state index contributed by atoms with van der Waals surface area (Å²) in [6.07, 6.45) is 8.54. The van der Waals surface area contributed by atoms with E-state index in [9.17, 15) is 9.59 Å². The number of aromatic nitrogens is 4. The maximum atomic E-state index is 13.0. The second kappa shape index (κ2) is 7.86. The molecule has 2 amide bonds. The predicted octanol–water partition coefficient (Wildman–Crippen LogP) is 2.34. The molecule has 1 aliphatic rings. The maximum absolute atomic E-state index is 13.0. The number of hydrogen-bond acceptors (Lipinski definition) is 4. The highest BCUT2D eigenvalue weighted by Gasteiger charge is 2.32. The van der Waals surface area contributed by atoms with E-state index in [1.54, 1.807) is 21.8 Å². The first-order chi connectivity index (χ1) is 15.1. The van der Waals surface area contributed by atoms with Crippen molar-refractivity contribution in [3.8, 4) is 0 Å². The molecule has 1 atom stereocenters. The molecule has 1 aromatic carbocycles. The number of aryl methyl sites for hydroxylation is 1. The Bertz CT molecular complexity index is 1270. The summed E-state index contributed by atoms with van der Waals surface area (Å²) in [6.45, 7) is 3.48. The summed E-state index contributed by atoms with van der Waals surface area (Å²) >= 11 is 0. The molecule has 0 saturated carbocycles. The van der Waals surface area contributed by atoms with Gasteiger partial charge in [0, 0.05) is 49.1 Å². The monoisotopic (exact) mass is 416 g/mol. The Morgan fingerprint density at radius 1 is 1.26 bits per heavy atom. The number of carbonyl (C=O) groups is 2. The summed E-state index contributed by atoms with van der Waals surface area (Å²) in [4.78, 5) is 35.0. The highest BCUT2D eigenvalue weighted by Crippen LogP contribution is 2.21. The van der Waals surface area contributed by atoms with Crippen molar-refractivity contribution in [3.05, 3.63) is 65.7 Å². The molecule has 2 N–H and O–H groups in total. The third kappa shape index (κ3) is 3.65. The Morgan fingerprint density at radius 3 is 3.03 bits per heavy atom. The minimum Gasteiger partial charge on any atom is -0.361 e. The smallest absolute Gasteiger partial charge is 0.259 e. The molecule has 31 heavy (non-hydrogen) atoms. The number of likely N-dealkylation sites (tertiary alicyclic amines) is 1. The quantitative estimate of drug-likeness (QED) is 0.522. The average molecular weight is 416 g/mol. The summed E-state index contributed by atoms with van der Waals surface area (Å²) in [7, 11) is 0. The number of benzene rings is 1. The number of nitrogens with zero attached hydrogens (tertiary/aromatic N) is 4. The summed E-state index contributed by atoms with van der Waals surface area (Å²) in [5, 5.41) is 8.46. The summed E-state index contributed by atoms with van der Waals surface area (Å²) in [6, 6.07) is 8.15. The van der Waals surface area contributed by atoms with Crippen molar-refractivity contribution in [1.29, 1.82) is 0 Å². The van der Waals surface area contributed by atoms with Gasteiger partial charge < -0.3 is 15.2 Å². The fraction of sp³-hybridized carbons (Fsp3) is 0.304. The molecule has 1 aliphatic heterocycles. The van der Waals surface area contributed by atoms with Crippen molar-refractivity contribution in [2.45, 2.75) is 19.8 Å².